The molecule has 0 aliphatic rings. The molecular weight excluding hydrogens is 235 g/mol. The number of carbonyl (C=O) groups excluding carboxylic acids is 1. The van der Waals surface area contributed by atoms with Gasteiger partial charge in [0.2, 0.25) is 0 Å². The van der Waals surface area contributed by atoms with E-state index < -0.39 is 16.7 Å². The first-order valence-corrected chi connectivity index (χ1v) is 4.25. The van der Waals surface area contributed by atoms with E-state index in [0.717, 1.165) is 0 Å². The third kappa shape index (κ3) is 2.13. The van der Waals surface area contributed by atoms with Crippen molar-refractivity contribution in [3.8, 4) is 0 Å². The maximum atomic E-state index is 12.5. The Morgan fingerprint density at radius 1 is 1.43 bits per heavy atom. The molecule has 14 heavy (non-hydrogen) atoms. The summed E-state index contributed by atoms with van der Waals surface area (Å²) in [5.74, 6) is -1.60. The van der Waals surface area contributed by atoms with Crippen molar-refractivity contribution in [3.05, 3.63) is 28.8 Å². The van der Waals surface area contributed by atoms with E-state index in [1.165, 1.54) is 18.2 Å². The van der Waals surface area contributed by atoms with Crippen LogP contribution >= 0.6 is 23.2 Å². The molecule has 0 aliphatic heterocycles. The minimum atomic E-state index is -3.99. The van der Waals surface area contributed by atoms with Crippen molar-refractivity contribution in [1.82, 2.24) is 0 Å². The lowest BCUT2D eigenvalue weighted by Crippen LogP contribution is -2.23. The van der Waals surface area contributed by atoms with E-state index in [9.17, 15) is 13.6 Å². The van der Waals surface area contributed by atoms with E-state index >= 15 is 0 Å². The molecule has 0 unspecified atom stereocenters. The van der Waals surface area contributed by atoms with Gasteiger partial charge in [-0.15, -0.1) is 0 Å². The number of alkyl halides is 3. The highest BCUT2D eigenvalue weighted by atomic mass is 35.5. The van der Waals surface area contributed by atoms with Gasteiger partial charge in [-0.2, -0.15) is 8.78 Å². The highest BCUT2D eigenvalue weighted by molar-refractivity contribution is 6.40. The van der Waals surface area contributed by atoms with Gasteiger partial charge in [-0.1, -0.05) is 17.7 Å². The molecule has 2 nitrogen and oxygen atoms in total. The first-order valence-electron chi connectivity index (χ1n) is 3.49. The number of anilines is 1. The fourth-order valence-electron chi connectivity index (χ4n) is 0.922. The standard InChI is InChI=1S/C8H5Cl2F2NO/c9-4-2-1-3-5(13)6(4)7(14)8(10,11)12/h1-3H,13H2. The molecule has 0 bridgehead atoms. The van der Waals surface area contributed by atoms with Gasteiger partial charge in [-0.3, -0.25) is 4.79 Å². The van der Waals surface area contributed by atoms with Gasteiger partial charge in [0.1, 0.15) is 0 Å². The molecule has 1 aromatic rings. The topological polar surface area (TPSA) is 43.1 Å². The summed E-state index contributed by atoms with van der Waals surface area (Å²) < 4.78 is 24.9. The van der Waals surface area contributed by atoms with E-state index in [2.05, 4.69) is 11.6 Å². The summed E-state index contributed by atoms with van der Waals surface area (Å²) >= 11 is 10.1. The van der Waals surface area contributed by atoms with Gasteiger partial charge in [0, 0.05) is 5.69 Å². The van der Waals surface area contributed by atoms with Crippen LogP contribution < -0.4 is 5.73 Å². The Morgan fingerprint density at radius 2 is 2.00 bits per heavy atom. The molecule has 2 N–H and O–H groups in total. The lowest BCUT2D eigenvalue weighted by atomic mass is 10.1. The smallest absolute Gasteiger partial charge is 0.385 e. The van der Waals surface area contributed by atoms with Crippen molar-refractivity contribution < 1.29 is 13.6 Å². The number of benzene rings is 1. The Morgan fingerprint density at radius 3 is 2.43 bits per heavy atom. The maximum absolute atomic E-state index is 12.5. The summed E-state index contributed by atoms with van der Waals surface area (Å²) in [5, 5.41) is -4.13. The van der Waals surface area contributed by atoms with Crippen LogP contribution in [0, 0.1) is 0 Å². The number of ketones is 1. The molecule has 0 saturated carbocycles. The molecule has 0 aliphatic carbocycles. The second kappa shape index (κ2) is 3.71. The molecule has 0 atom stereocenters. The number of carbonyl (C=O) groups is 1. The van der Waals surface area contributed by atoms with Crippen LogP contribution in [0.5, 0.6) is 0 Å². The molecule has 0 radical (unpaired) electrons. The zero-order valence-corrected chi connectivity index (χ0v) is 8.24. The fourth-order valence-corrected chi connectivity index (χ4v) is 1.28. The van der Waals surface area contributed by atoms with E-state index in [1.807, 2.05) is 0 Å². The summed E-state index contributed by atoms with van der Waals surface area (Å²) in [5.41, 5.74) is 4.75. The highest BCUT2D eigenvalue weighted by Crippen LogP contribution is 2.31. The summed E-state index contributed by atoms with van der Waals surface area (Å²) in [6.07, 6.45) is 0. The van der Waals surface area contributed by atoms with Gasteiger partial charge in [0.25, 0.3) is 5.78 Å². The molecule has 0 heterocycles. The van der Waals surface area contributed by atoms with Crippen LogP contribution in [0.4, 0.5) is 14.5 Å². The van der Waals surface area contributed by atoms with Crippen LogP contribution in [-0.2, 0) is 0 Å². The van der Waals surface area contributed by atoms with E-state index in [-0.39, 0.29) is 10.7 Å². The predicted octanol–water partition coefficient (Wildman–Crippen LogP) is 2.94. The first-order chi connectivity index (χ1) is 6.34. The molecular formula is C8H5Cl2F2NO. The van der Waals surface area contributed by atoms with E-state index in [1.54, 1.807) is 0 Å². The van der Waals surface area contributed by atoms with Gasteiger partial charge in [-0.05, 0) is 23.7 Å². The summed E-state index contributed by atoms with van der Waals surface area (Å²) in [4.78, 5) is 11.1. The summed E-state index contributed by atoms with van der Waals surface area (Å²) in [6, 6.07) is 4.02. The minimum Gasteiger partial charge on any atom is -0.398 e. The van der Waals surface area contributed by atoms with Crippen LogP contribution in [0.15, 0.2) is 18.2 Å². The molecule has 76 valence electrons. The van der Waals surface area contributed by atoms with Crippen LogP contribution in [0.3, 0.4) is 0 Å². The molecule has 1 rings (SSSR count). The average molecular weight is 240 g/mol. The minimum absolute atomic E-state index is 0.122. The van der Waals surface area contributed by atoms with E-state index in [4.69, 9.17) is 17.3 Å². The van der Waals surface area contributed by atoms with Crippen LogP contribution in [0.25, 0.3) is 0 Å². The Hall–Kier alpha value is -0.870. The zero-order chi connectivity index (χ0) is 10.9. The normalized spacial score (nSPS) is 11.4. The van der Waals surface area contributed by atoms with Gasteiger partial charge in [-0.25, -0.2) is 0 Å². The van der Waals surface area contributed by atoms with E-state index in [0.29, 0.717) is 0 Å². The van der Waals surface area contributed by atoms with Crippen molar-refractivity contribution >= 4 is 34.7 Å². The molecule has 0 amide bonds. The lowest BCUT2D eigenvalue weighted by molar-refractivity contribution is 0.0537. The number of halogens is 4. The molecule has 0 saturated heterocycles. The Bertz CT molecular complexity index is 356. The number of nitrogens with two attached hydrogens (primary N) is 1. The van der Waals surface area contributed by atoms with Crippen LogP contribution in [0.2, 0.25) is 5.02 Å². The van der Waals surface area contributed by atoms with Crippen LogP contribution in [-0.4, -0.2) is 11.2 Å². The molecule has 0 aromatic heterocycles. The largest absolute Gasteiger partial charge is 0.398 e. The van der Waals surface area contributed by atoms with Gasteiger partial charge >= 0.3 is 5.38 Å². The zero-order valence-electron chi connectivity index (χ0n) is 6.73. The highest BCUT2D eigenvalue weighted by Gasteiger charge is 2.38. The van der Waals surface area contributed by atoms with Gasteiger partial charge in [0.05, 0.1) is 10.6 Å². The van der Waals surface area contributed by atoms with Crippen molar-refractivity contribution in [2.24, 2.45) is 0 Å². The predicted molar refractivity (Wildman–Crippen MR) is 51.0 cm³/mol. The maximum Gasteiger partial charge on any atom is 0.385 e. The number of Topliss-reactive ketones (excluding diaryl/α,β-unsaturated/α-hetero) is 1. The first kappa shape index (κ1) is 11.2. The van der Waals surface area contributed by atoms with Crippen molar-refractivity contribution in [2.75, 3.05) is 5.73 Å². The fraction of sp³-hybridized carbons (Fsp3) is 0.125. The lowest BCUT2D eigenvalue weighted by Gasteiger charge is -2.10. The summed E-state index contributed by atoms with van der Waals surface area (Å²) in [6.45, 7) is 0. The number of hydrogen-bond donors (Lipinski definition) is 1. The summed E-state index contributed by atoms with van der Waals surface area (Å²) in [7, 11) is 0. The molecule has 0 spiro atoms. The monoisotopic (exact) mass is 239 g/mol. The molecule has 1 aromatic carbocycles. The second-order valence-corrected chi connectivity index (χ2v) is 3.41. The van der Waals surface area contributed by atoms with Crippen molar-refractivity contribution in [2.45, 2.75) is 5.38 Å². The van der Waals surface area contributed by atoms with Crippen LogP contribution in [0.1, 0.15) is 10.4 Å². The van der Waals surface area contributed by atoms with Crippen molar-refractivity contribution in [3.63, 3.8) is 0 Å². The van der Waals surface area contributed by atoms with Gasteiger partial charge in [0.15, 0.2) is 0 Å². The number of rotatable bonds is 2. The second-order valence-electron chi connectivity index (χ2n) is 2.53. The molecule has 0 fully saturated rings. The average Bonchev–Trinajstić information content (AvgIpc) is 2.01. The van der Waals surface area contributed by atoms with Gasteiger partial charge < -0.3 is 5.73 Å². The number of hydrogen-bond acceptors (Lipinski definition) is 2. The Kier molecular flexibility index (Phi) is 2.97. The molecule has 6 heteroatoms. The SMILES string of the molecule is Nc1cccc(Cl)c1C(=O)C(F)(F)Cl. The Balaban J connectivity index is 3.26. The quantitative estimate of drug-likeness (QED) is 0.490. The number of nitrogen functional groups attached to an aromatic ring is 1. The van der Waals surface area contributed by atoms with Crippen molar-refractivity contribution in [1.29, 1.82) is 0 Å². The third-order valence-corrected chi connectivity index (χ3v) is 2.02. The Labute approximate surface area is 88.6 Å². The third-order valence-electron chi connectivity index (χ3n) is 1.53.